The van der Waals surface area contributed by atoms with Crippen molar-refractivity contribution < 1.29 is 23.9 Å². The normalized spacial score (nSPS) is 22.4. The van der Waals surface area contributed by atoms with E-state index >= 15 is 4.39 Å². The molecule has 4 fully saturated rings. The Morgan fingerprint density at radius 1 is 1.00 bits per heavy atom. The van der Waals surface area contributed by atoms with Gasteiger partial charge in [0.25, 0.3) is 5.91 Å². The molecule has 5 N–H and O–H groups in total. The first kappa shape index (κ1) is 42.0. The highest BCUT2D eigenvalue weighted by molar-refractivity contribution is 6.05. The molecule has 0 bridgehead atoms. The first-order valence-corrected chi connectivity index (χ1v) is 21.4. The number of anilines is 3. The van der Waals surface area contributed by atoms with Gasteiger partial charge in [-0.15, -0.1) is 0 Å². The number of imide groups is 1. The Kier molecular flexibility index (Phi) is 11.9. The summed E-state index contributed by atoms with van der Waals surface area (Å²) in [6.45, 7) is 10.9. The van der Waals surface area contributed by atoms with Crippen molar-refractivity contribution in [3.8, 4) is 6.07 Å². The number of piperazine rings is 1. The van der Waals surface area contributed by atoms with Gasteiger partial charge in [-0.05, 0) is 96.0 Å². The molecule has 1 aromatic carbocycles. The highest BCUT2D eigenvalue weighted by Gasteiger charge is 2.35. The molecule has 6 heterocycles. The molecule has 15 nitrogen and oxygen atoms in total. The average molecular weight is 832 g/mol. The largest absolute Gasteiger partial charge is 0.398 e. The van der Waals surface area contributed by atoms with Crippen LogP contribution in [0.5, 0.6) is 0 Å². The first-order chi connectivity index (χ1) is 29.2. The van der Waals surface area contributed by atoms with Gasteiger partial charge >= 0.3 is 0 Å². The fraction of sp³-hybridized carbons (Fsp3) is 0.489. The van der Waals surface area contributed by atoms with Gasteiger partial charge in [0.1, 0.15) is 17.6 Å². The van der Waals surface area contributed by atoms with Gasteiger partial charge in [-0.1, -0.05) is 0 Å². The maximum absolute atomic E-state index is 15.3. The van der Waals surface area contributed by atoms with E-state index in [1.165, 1.54) is 16.8 Å². The van der Waals surface area contributed by atoms with Crippen molar-refractivity contribution in [2.24, 2.45) is 4.99 Å². The molecule has 4 aliphatic rings. The van der Waals surface area contributed by atoms with E-state index in [0.29, 0.717) is 51.4 Å². The third-order valence-corrected chi connectivity index (χ3v) is 13.0. The van der Waals surface area contributed by atoms with Crippen LogP contribution < -0.4 is 21.3 Å². The number of nitrogens with one attached hydrogen (secondary N) is 2. The average Bonchev–Trinajstić information content (AvgIpc) is 3.68. The Hall–Kier alpha value is -5.76. The molecule has 3 aliphatic heterocycles. The number of carbonyl (C=O) groups is 3. The van der Waals surface area contributed by atoms with Gasteiger partial charge in [-0.2, -0.15) is 10.4 Å². The van der Waals surface area contributed by atoms with E-state index in [9.17, 15) is 24.8 Å². The molecule has 3 amide bonds. The molecule has 3 aromatic heterocycles. The van der Waals surface area contributed by atoms with E-state index in [0.717, 1.165) is 83.5 Å². The molecule has 4 aromatic rings. The highest BCUT2D eigenvalue weighted by atomic mass is 19.1. The highest BCUT2D eigenvalue weighted by Crippen LogP contribution is 2.34. The number of piperidine rings is 2. The molecule has 8 rings (SSSR count). The lowest BCUT2D eigenvalue weighted by Gasteiger charge is -2.46. The van der Waals surface area contributed by atoms with Crippen LogP contribution in [0, 0.1) is 24.1 Å². The van der Waals surface area contributed by atoms with Crippen molar-refractivity contribution in [1.29, 1.82) is 5.26 Å². The monoisotopic (exact) mass is 831 g/mol. The number of pyridine rings is 1. The molecule has 3 saturated heterocycles. The number of nitrogens with two attached hydrogens (primary N) is 1. The lowest BCUT2D eigenvalue weighted by molar-refractivity contribution is -0.134. The third-order valence-electron chi connectivity index (χ3n) is 13.0. The number of aliphatic imine (C=N–C) groups is 1. The van der Waals surface area contributed by atoms with Crippen LogP contribution in [-0.2, 0) is 15.2 Å². The minimum atomic E-state index is -1.29. The zero-order valence-electron chi connectivity index (χ0n) is 35.0. The quantitative estimate of drug-likeness (QED) is 0.104. The summed E-state index contributed by atoms with van der Waals surface area (Å²) in [5, 5.41) is 29.7. The van der Waals surface area contributed by atoms with Crippen LogP contribution in [0.2, 0.25) is 0 Å². The van der Waals surface area contributed by atoms with Gasteiger partial charge in [0.2, 0.25) is 11.8 Å². The van der Waals surface area contributed by atoms with Crippen LogP contribution in [0.15, 0.2) is 47.6 Å². The second-order valence-corrected chi connectivity index (χ2v) is 17.4. The number of hydrogen-bond donors (Lipinski definition) is 4. The Bertz CT molecular complexity index is 2400. The summed E-state index contributed by atoms with van der Waals surface area (Å²) < 4.78 is 16.8. The topological polar surface area (TPSA) is 198 Å². The van der Waals surface area contributed by atoms with Crippen molar-refractivity contribution in [2.45, 2.75) is 102 Å². The van der Waals surface area contributed by atoms with Crippen LogP contribution in [0.25, 0.3) is 5.52 Å². The van der Waals surface area contributed by atoms with Crippen molar-refractivity contribution >= 4 is 46.5 Å². The predicted octanol–water partition coefficient (Wildman–Crippen LogP) is 4.65. The van der Waals surface area contributed by atoms with E-state index in [-0.39, 0.29) is 36.2 Å². The maximum atomic E-state index is 15.3. The van der Waals surface area contributed by atoms with Gasteiger partial charge in [0.05, 0.1) is 51.9 Å². The second-order valence-electron chi connectivity index (χ2n) is 17.4. The minimum absolute atomic E-state index is 0.123. The molecule has 1 atom stereocenters. The molecule has 0 spiro atoms. The number of aliphatic hydroxyl groups is 1. The van der Waals surface area contributed by atoms with Crippen LogP contribution in [-0.4, -0.2) is 111 Å². The Balaban J connectivity index is 0.821. The fourth-order valence-corrected chi connectivity index (χ4v) is 9.58. The van der Waals surface area contributed by atoms with Gasteiger partial charge in [0, 0.05) is 92.6 Å². The van der Waals surface area contributed by atoms with Gasteiger partial charge in [0.15, 0.2) is 0 Å². The number of aryl methyl sites for hydroxylation is 1. The van der Waals surface area contributed by atoms with Gasteiger partial charge in [-0.3, -0.25) is 39.5 Å². The van der Waals surface area contributed by atoms with E-state index < -0.39 is 29.2 Å². The van der Waals surface area contributed by atoms with Crippen molar-refractivity contribution in [1.82, 2.24) is 29.7 Å². The molecule has 0 radical (unpaired) electrons. The number of carbonyl (C=O) groups excluding carboxylic acids is 3. The summed E-state index contributed by atoms with van der Waals surface area (Å²) in [6, 6.07) is 13.2. The summed E-state index contributed by atoms with van der Waals surface area (Å²) in [7, 11) is 0. The number of hydrogen-bond acceptors (Lipinski definition) is 12. The van der Waals surface area contributed by atoms with Gasteiger partial charge in [-0.25, -0.2) is 8.91 Å². The molecule has 61 heavy (non-hydrogen) atoms. The SMILES string of the molecule is Cc1nc(C2CCC(=O)NC2=O)c(F)cc1N1CCC(N2CCN(C3CCC(N=Cc4cc(NC(=O)c5ccc6cc(C#N)cnn56)c(C(C)(C)O)cc4N)CC3)CC2)CC1. The lowest BCUT2D eigenvalue weighted by atomic mass is 9.90. The van der Waals surface area contributed by atoms with Crippen molar-refractivity contribution in [2.75, 3.05) is 55.2 Å². The number of nitriles is 1. The van der Waals surface area contributed by atoms with E-state index in [4.69, 9.17) is 10.7 Å². The summed E-state index contributed by atoms with van der Waals surface area (Å²) in [5.74, 6) is -2.46. The Labute approximate surface area is 354 Å². The number of aromatic nitrogens is 3. The van der Waals surface area contributed by atoms with E-state index in [1.807, 2.05) is 6.92 Å². The second kappa shape index (κ2) is 17.3. The molecular weight excluding hydrogens is 778 g/mol. The van der Waals surface area contributed by atoms with Crippen LogP contribution in [0.3, 0.4) is 0 Å². The predicted molar refractivity (Wildman–Crippen MR) is 230 cm³/mol. The molecule has 1 aliphatic carbocycles. The van der Waals surface area contributed by atoms with Crippen LogP contribution in [0.1, 0.15) is 110 Å². The van der Waals surface area contributed by atoms with Crippen molar-refractivity contribution in [3.05, 3.63) is 82.2 Å². The summed E-state index contributed by atoms with van der Waals surface area (Å²) in [6.07, 6.45) is 9.70. The minimum Gasteiger partial charge on any atom is -0.398 e. The molecule has 1 saturated carbocycles. The smallest absolute Gasteiger partial charge is 0.274 e. The maximum Gasteiger partial charge on any atom is 0.274 e. The lowest BCUT2D eigenvalue weighted by Crippen LogP contribution is -2.55. The molecule has 16 heteroatoms. The first-order valence-electron chi connectivity index (χ1n) is 21.4. The Morgan fingerprint density at radius 3 is 2.34 bits per heavy atom. The third kappa shape index (κ3) is 9.00. The summed E-state index contributed by atoms with van der Waals surface area (Å²) in [5.41, 5.74) is 10.1. The zero-order valence-corrected chi connectivity index (χ0v) is 35.0. The zero-order chi connectivity index (χ0) is 43.0. The van der Waals surface area contributed by atoms with E-state index in [1.54, 1.807) is 50.4 Å². The number of fused-ring (bicyclic) bond motifs is 1. The molecular formula is C45H54FN11O4. The summed E-state index contributed by atoms with van der Waals surface area (Å²) >= 11 is 0. The fourth-order valence-electron chi connectivity index (χ4n) is 9.58. The standard InChI is InChI=1S/C45H54FN11O4/c1-27-40(23-36(46)42(51-27)34-9-11-41(58)53-43(34)59)56-14-12-32(13-15-56)55-18-16-54(17-19-55)31-6-4-30(5-7-31)49-26-29-21-38(35(22-37(29)48)45(2,3)61)52-44(60)39-10-8-33-20-28(24-47)25-50-57(33)39/h8,10,20-23,25-26,30-32,34,61H,4-7,9,11-19,48H2,1-3H3,(H,52,60)(H,53,58,59). The molecule has 1 unspecified atom stereocenters. The molecule has 320 valence electrons. The number of halogens is 1. The number of nitrogen functional groups attached to an aromatic ring is 1. The van der Waals surface area contributed by atoms with Crippen LogP contribution >= 0.6 is 0 Å². The number of rotatable bonds is 9. The summed E-state index contributed by atoms with van der Waals surface area (Å²) in [4.78, 5) is 54.4. The number of benzene rings is 1. The van der Waals surface area contributed by atoms with Crippen molar-refractivity contribution in [3.63, 3.8) is 0 Å². The van der Waals surface area contributed by atoms with Crippen LogP contribution in [0.4, 0.5) is 21.5 Å². The number of nitrogens with zero attached hydrogens (tertiary/aromatic N) is 8. The number of amides is 3. The van der Waals surface area contributed by atoms with Gasteiger partial charge < -0.3 is 21.1 Å². The Morgan fingerprint density at radius 2 is 1.69 bits per heavy atom. The van der Waals surface area contributed by atoms with E-state index in [2.05, 4.69) is 41.5 Å².